The van der Waals surface area contributed by atoms with Gasteiger partial charge >= 0.3 is 0 Å². The SMILES string of the molecule is CC(C)(C)C(N)c1noc(-c2ccccc2Cl)n1. The van der Waals surface area contributed by atoms with Gasteiger partial charge in [0.25, 0.3) is 5.89 Å². The largest absolute Gasteiger partial charge is 0.334 e. The van der Waals surface area contributed by atoms with Crippen LogP contribution < -0.4 is 5.73 Å². The van der Waals surface area contributed by atoms with Crippen LogP contribution in [0.2, 0.25) is 5.02 Å². The van der Waals surface area contributed by atoms with E-state index in [2.05, 4.69) is 10.1 Å². The predicted octanol–water partition coefficient (Wildman–Crippen LogP) is 3.44. The molecule has 1 unspecified atom stereocenters. The van der Waals surface area contributed by atoms with Crippen LogP contribution in [-0.2, 0) is 0 Å². The lowest BCUT2D eigenvalue weighted by Gasteiger charge is -2.23. The van der Waals surface area contributed by atoms with E-state index in [9.17, 15) is 0 Å². The summed E-state index contributed by atoms with van der Waals surface area (Å²) in [6, 6.07) is 7.06. The molecule has 2 rings (SSSR count). The van der Waals surface area contributed by atoms with Crippen LogP contribution in [0.25, 0.3) is 11.5 Å². The van der Waals surface area contributed by atoms with E-state index < -0.39 is 0 Å². The van der Waals surface area contributed by atoms with E-state index >= 15 is 0 Å². The molecule has 0 amide bonds. The number of aromatic nitrogens is 2. The molecule has 1 aromatic heterocycles. The van der Waals surface area contributed by atoms with Crippen molar-refractivity contribution in [2.45, 2.75) is 26.8 Å². The van der Waals surface area contributed by atoms with Gasteiger partial charge in [-0.15, -0.1) is 0 Å². The fraction of sp³-hybridized carbons (Fsp3) is 0.385. The van der Waals surface area contributed by atoms with Crippen LogP contribution >= 0.6 is 11.6 Å². The van der Waals surface area contributed by atoms with Crippen molar-refractivity contribution in [3.63, 3.8) is 0 Å². The van der Waals surface area contributed by atoms with Gasteiger partial charge in [-0.2, -0.15) is 4.98 Å². The number of nitrogens with zero attached hydrogens (tertiary/aromatic N) is 2. The Bertz CT molecular complexity index is 545. The van der Waals surface area contributed by atoms with E-state index in [0.717, 1.165) is 5.56 Å². The fourth-order valence-corrected chi connectivity index (χ4v) is 1.71. The Labute approximate surface area is 111 Å². The zero-order valence-corrected chi connectivity index (χ0v) is 11.4. The van der Waals surface area contributed by atoms with Crippen LogP contribution in [0, 0.1) is 5.41 Å². The van der Waals surface area contributed by atoms with Gasteiger partial charge in [0.05, 0.1) is 16.6 Å². The maximum Gasteiger partial charge on any atom is 0.259 e. The topological polar surface area (TPSA) is 64.9 Å². The molecule has 0 bridgehead atoms. The van der Waals surface area contributed by atoms with E-state index in [1.807, 2.05) is 39.0 Å². The summed E-state index contributed by atoms with van der Waals surface area (Å²) in [5.41, 5.74) is 6.68. The molecule has 0 aliphatic rings. The fourth-order valence-electron chi connectivity index (χ4n) is 1.49. The predicted molar refractivity (Wildman–Crippen MR) is 71.1 cm³/mol. The molecule has 0 radical (unpaired) electrons. The summed E-state index contributed by atoms with van der Waals surface area (Å²) in [5.74, 6) is 0.896. The minimum atomic E-state index is -0.280. The van der Waals surface area contributed by atoms with E-state index in [-0.39, 0.29) is 11.5 Å². The van der Waals surface area contributed by atoms with Crippen LogP contribution in [-0.4, -0.2) is 10.1 Å². The summed E-state index contributed by atoms with van der Waals surface area (Å²) in [6.07, 6.45) is 0. The Morgan fingerprint density at radius 1 is 1.28 bits per heavy atom. The van der Waals surface area contributed by atoms with Crippen LogP contribution in [0.15, 0.2) is 28.8 Å². The van der Waals surface area contributed by atoms with Gasteiger partial charge in [0.1, 0.15) is 0 Å². The molecule has 0 aliphatic carbocycles. The number of nitrogens with two attached hydrogens (primary N) is 1. The molecule has 1 aromatic carbocycles. The van der Waals surface area contributed by atoms with Crippen LogP contribution in [0.5, 0.6) is 0 Å². The van der Waals surface area contributed by atoms with Gasteiger partial charge < -0.3 is 10.3 Å². The van der Waals surface area contributed by atoms with Gasteiger partial charge in [-0.25, -0.2) is 0 Å². The zero-order chi connectivity index (χ0) is 13.3. The lowest BCUT2D eigenvalue weighted by molar-refractivity contribution is 0.303. The summed E-state index contributed by atoms with van der Waals surface area (Å²) in [6.45, 7) is 6.09. The molecule has 0 aliphatic heterocycles. The number of hydrogen-bond donors (Lipinski definition) is 1. The third-order valence-corrected chi connectivity index (χ3v) is 3.09. The van der Waals surface area contributed by atoms with E-state index in [0.29, 0.717) is 16.7 Å². The first-order valence-electron chi connectivity index (χ1n) is 5.73. The van der Waals surface area contributed by atoms with Gasteiger partial charge in [0.2, 0.25) is 0 Å². The van der Waals surface area contributed by atoms with Gasteiger partial charge in [-0.1, -0.05) is 49.7 Å². The molecule has 2 N–H and O–H groups in total. The van der Waals surface area contributed by atoms with E-state index in [4.69, 9.17) is 21.9 Å². The molecule has 0 saturated heterocycles. The standard InChI is InChI=1S/C13H16ClN3O/c1-13(2,3)10(15)11-16-12(18-17-11)8-6-4-5-7-9(8)14/h4-7,10H,15H2,1-3H3. The summed E-state index contributed by atoms with van der Waals surface area (Å²) in [7, 11) is 0. The van der Waals surface area contributed by atoms with Gasteiger partial charge in [0, 0.05) is 0 Å². The second-order valence-corrected chi connectivity index (χ2v) is 5.69. The highest BCUT2D eigenvalue weighted by molar-refractivity contribution is 6.33. The van der Waals surface area contributed by atoms with Gasteiger partial charge in [-0.05, 0) is 17.5 Å². The second-order valence-electron chi connectivity index (χ2n) is 5.28. The first-order chi connectivity index (χ1) is 8.39. The third kappa shape index (κ3) is 2.54. The quantitative estimate of drug-likeness (QED) is 0.903. The molecule has 0 fully saturated rings. The van der Waals surface area contributed by atoms with Crippen molar-refractivity contribution in [1.29, 1.82) is 0 Å². The van der Waals surface area contributed by atoms with Crippen LogP contribution in [0.3, 0.4) is 0 Å². The molecule has 2 aromatic rings. The smallest absolute Gasteiger partial charge is 0.259 e. The van der Waals surface area contributed by atoms with Gasteiger partial charge in [-0.3, -0.25) is 0 Å². The maximum absolute atomic E-state index is 6.08. The molecule has 0 saturated carbocycles. The highest BCUT2D eigenvalue weighted by Crippen LogP contribution is 2.31. The Morgan fingerprint density at radius 3 is 2.56 bits per heavy atom. The van der Waals surface area contributed by atoms with Crippen molar-refractivity contribution >= 4 is 11.6 Å². The molecule has 0 spiro atoms. The van der Waals surface area contributed by atoms with Crippen molar-refractivity contribution in [3.8, 4) is 11.5 Å². The molecule has 4 nitrogen and oxygen atoms in total. The number of halogens is 1. The molecule has 1 heterocycles. The Hall–Kier alpha value is -1.39. The Balaban J connectivity index is 2.35. The van der Waals surface area contributed by atoms with E-state index in [1.165, 1.54) is 0 Å². The molecular formula is C13H16ClN3O. The van der Waals surface area contributed by atoms with Gasteiger partial charge in [0.15, 0.2) is 5.82 Å². The molecular weight excluding hydrogens is 250 g/mol. The van der Waals surface area contributed by atoms with Crippen LogP contribution in [0.4, 0.5) is 0 Å². The van der Waals surface area contributed by atoms with Crippen molar-refractivity contribution < 1.29 is 4.52 Å². The van der Waals surface area contributed by atoms with Crippen LogP contribution in [0.1, 0.15) is 32.6 Å². The highest BCUT2D eigenvalue weighted by atomic mass is 35.5. The van der Waals surface area contributed by atoms with Crippen molar-refractivity contribution in [1.82, 2.24) is 10.1 Å². The Morgan fingerprint density at radius 2 is 1.94 bits per heavy atom. The first kappa shape index (κ1) is 13.1. The highest BCUT2D eigenvalue weighted by Gasteiger charge is 2.27. The lowest BCUT2D eigenvalue weighted by atomic mass is 9.87. The number of rotatable bonds is 2. The number of benzene rings is 1. The minimum absolute atomic E-state index is 0.123. The molecule has 1 atom stereocenters. The zero-order valence-electron chi connectivity index (χ0n) is 10.6. The lowest BCUT2D eigenvalue weighted by Crippen LogP contribution is -2.27. The summed E-state index contributed by atoms with van der Waals surface area (Å²) in [5, 5.41) is 4.51. The third-order valence-electron chi connectivity index (χ3n) is 2.76. The molecule has 5 heteroatoms. The van der Waals surface area contributed by atoms with Crippen molar-refractivity contribution in [2.75, 3.05) is 0 Å². The summed E-state index contributed by atoms with van der Waals surface area (Å²) in [4.78, 5) is 4.32. The monoisotopic (exact) mass is 265 g/mol. The summed E-state index contributed by atoms with van der Waals surface area (Å²) < 4.78 is 5.22. The summed E-state index contributed by atoms with van der Waals surface area (Å²) >= 11 is 6.08. The molecule has 96 valence electrons. The normalized spacial score (nSPS) is 13.6. The van der Waals surface area contributed by atoms with E-state index in [1.54, 1.807) is 6.07 Å². The number of hydrogen-bond acceptors (Lipinski definition) is 4. The first-order valence-corrected chi connectivity index (χ1v) is 6.11. The maximum atomic E-state index is 6.08. The minimum Gasteiger partial charge on any atom is -0.334 e. The average Bonchev–Trinajstić information content (AvgIpc) is 2.76. The Kier molecular flexibility index (Phi) is 3.41. The molecule has 18 heavy (non-hydrogen) atoms. The van der Waals surface area contributed by atoms with Crippen molar-refractivity contribution in [2.24, 2.45) is 11.1 Å². The second kappa shape index (κ2) is 4.71. The van der Waals surface area contributed by atoms with Crippen molar-refractivity contribution in [3.05, 3.63) is 35.1 Å². The average molecular weight is 266 g/mol.